The molecule has 0 unspecified atom stereocenters. The number of phenolic OH excluding ortho intramolecular Hbond substituents is 1. The minimum atomic E-state index is -1.12. The van der Waals surface area contributed by atoms with Gasteiger partial charge in [-0.2, -0.15) is 0 Å². The van der Waals surface area contributed by atoms with Gasteiger partial charge < -0.3 is 15.5 Å². The van der Waals surface area contributed by atoms with Gasteiger partial charge in [-0.25, -0.2) is 8.78 Å². The van der Waals surface area contributed by atoms with E-state index >= 15 is 0 Å². The monoisotopic (exact) mass is 273 g/mol. The summed E-state index contributed by atoms with van der Waals surface area (Å²) in [6.45, 7) is 3.82. The van der Waals surface area contributed by atoms with Gasteiger partial charge in [0.25, 0.3) is 5.91 Å². The van der Waals surface area contributed by atoms with Crippen LogP contribution in [0.2, 0.25) is 0 Å². The van der Waals surface area contributed by atoms with Crippen LogP contribution in [0, 0.1) is 17.0 Å². The fourth-order valence-corrected chi connectivity index (χ4v) is 1.58. The highest BCUT2D eigenvalue weighted by Crippen LogP contribution is 2.23. The van der Waals surface area contributed by atoms with Crippen molar-refractivity contribution in [2.24, 2.45) is 5.41 Å². The molecule has 0 aliphatic heterocycles. The second-order valence-corrected chi connectivity index (χ2v) is 5.10. The first kappa shape index (κ1) is 15.4. The van der Waals surface area contributed by atoms with Gasteiger partial charge in [-0.3, -0.25) is 4.79 Å². The summed E-state index contributed by atoms with van der Waals surface area (Å²) < 4.78 is 26.2. The topological polar surface area (TPSA) is 69.6 Å². The van der Waals surface area contributed by atoms with Crippen molar-refractivity contribution in [1.29, 1.82) is 0 Å². The van der Waals surface area contributed by atoms with E-state index in [1.54, 1.807) is 0 Å². The van der Waals surface area contributed by atoms with Crippen molar-refractivity contribution in [3.8, 4) is 5.75 Å². The molecule has 6 heteroatoms. The molecule has 4 nitrogen and oxygen atoms in total. The van der Waals surface area contributed by atoms with Crippen LogP contribution in [-0.4, -0.2) is 29.3 Å². The molecule has 0 bridgehead atoms. The molecule has 0 aliphatic rings. The lowest BCUT2D eigenvalue weighted by Gasteiger charge is -2.23. The highest BCUT2D eigenvalue weighted by Gasteiger charge is 2.22. The lowest BCUT2D eigenvalue weighted by atomic mass is 9.89. The predicted molar refractivity (Wildman–Crippen MR) is 65.8 cm³/mol. The Balaban J connectivity index is 2.80. The van der Waals surface area contributed by atoms with Crippen LogP contribution in [0.5, 0.6) is 5.75 Å². The van der Waals surface area contributed by atoms with Crippen LogP contribution in [0.4, 0.5) is 8.78 Å². The number of amides is 1. The van der Waals surface area contributed by atoms with Gasteiger partial charge in [0, 0.05) is 25.3 Å². The number of carbonyl (C=O) groups is 1. The molecule has 1 rings (SSSR count). The van der Waals surface area contributed by atoms with Crippen molar-refractivity contribution < 1.29 is 23.8 Å². The van der Waals surface area contributed by atoms with Crippen LogP contribution in [0.25, 0.3) is 0 Å². The van der Waals surface area contributed by atoms with E-state index in [1.807, 2.05) is 13.8 Å². The van der Waals surface area contributed by atoms with Crippen molar-refractivity contribution in [2.45, 2.75) is 20.3 Å². The van der Waals surface area contributed by atoms with Gasteiger partial charge >= 0.3 is 0 Å². The number of rotatable bonds is 5. The van der Waals surface area contributed by atoms with Crippen molar-refractivity contribution in [3.63, 3.8) is 0 Å². The van der Waals surface area contributed by atoms with Gasteiger partial charge in [-0.15, -0.1) is 0 Å². The maximum atomic E-state index is 13.4. The Kier molecular flexibility index (Phi) is 4.83. The Morgan fingerprint density at radius 1 is 1.37 bits per heavy atom. The van der Waals surface area contributed by atoms with Crippen LogP contribution < -0.4 is 5.32 Å². The highest BCUT2D eigenvalue weighted by molar-refractivity contribution is 5.97. The molecule has 106 valence electrons. The summed E-state index contributed by atoms with van der Waals surface area (Å²) >= 11 is 0. The van der Waals surface area contributed by atoms with Gasteiger partial charge in [-0.1, -0.05) is 13.8 Å². The van der Waals surface area contributed by atoms with Crippen LogP contribution in [0.15, 0.2) is 12.1 Å². The minimum absolute atomic E-state index is 0.0287. The van der Waals surface area contributed by atoms with Gasteiger partial charge in [0.2, 0.25) is 0 Å². The first-order valence-corrected chi connectivity index (χ1v) is 5.84. The second kappa shape index (κ2) is 5.97. The average molecular weight is 273 g/mol. The van der Waals surface area contributed by atoms with E-state index < -0.39 is 28.9 Å². The normalized spacial score (nSPS) is 11.4. The smallest absolute Gasteiger partial charge is 0.258 e. The van der Waals surface area contributed by atoms with Crippen LogP contribution >= 0.6 is 0 Å². The Bertz CT molecular complexity index is 452. The van der Waals surface area contributed by atoms with E-state index in [0.29, 0.717) is 18.6 Å². The highest BCUT2D eigenvalue weighted by atomic mass is 19.1. The standard InChI is InChI=1S/C13H17F2NO3/c1-13(2,3-4-17)7-16-12(19)11-9(15)5-8(14)6-10(11)18/h5-6,17-18H,3-4,7H2,1-2H3,(H,16,19). The summed E-state index contributed by atoms with van der Waals surface area (Å²) in [6, 6.07) is 1.21. The molecule has 0 heterocycles. The van der Waals surface area contributed by atoms with E-state index in [9.17, 15) is 18.7 Å². The Hall–Kier alpha value is -1.69. The fourth-order valence-electron chi connectivity index (χ4n) is 1.58. The Labute approximate surface area is 110 Å². The maximum absolute atomic E-state index is 13.4. The number of aromatic hydroxyl groups is 1. The third kappa shape index (κ3) is 4.17. The molecule has 0 atom stereocenters. The second-order valence-electron chi connectivity index (χ2n) is 5.10. The zero-order chi connectivity index (χ0) is 14.6. The lowest BCUT2D eigenvalue weighted by molar-refractivity contribution is 0.0921. The van der Waals surface area contributed by atoms with Crippen molar-refractivity contribution >= 4 is 5.91 Å². The van der Waals surface area contributed by atoms with Crippen LogP contribution in [0.3, 0.4) is 0 Å². The Morgan fingerprint density at radius 2 is 2.00 bits per heavy atom. The molecule has 0 fully saturated rings. The summed E-state index contributed by atoms with van der Waals surface area (Å²) in [5.74, 6) is -3.63. The summed E-state index contributed by atoms with van der Waals surface area (Å²) in [5, 5.41) is 20.7. The number of aliphatic hydroxyl groups is 1. The summed E-state index contributed by atoms with van der Waals surface area (Å²) in [7, 11) is 0. The number of halogens is 2. The number of benzene rings is 1. The SMILES string of the molecule is CC(C)(CCO)CNC(=O)c1c(O)cc(F)cc1F. The Morgan fingerprint density at radius 3 is 2.53 bits per heavy atom. The molecule has 1 aromatic carbocycles. The third-order valence-electron chi connectivity index (χ3n) is 2.78. The zero-order valence-corrected chi connectivity index (χ0v) is 10.8. The molecule has 0 aliphatic carbocycles. The predicted octanol–water partition coefficient (Wildman–Crippen LogP) is 1.81. The number of nitrogens with one attached hydrogen (secondary N) is 1. The molecule has 19 heavy (non-hydrogen) atoms. The number of hydrogen-bond donors (Lipinski definition) is 3. The summed E-state index contributed by atoms with van der Waals surface area (Å²) in [6.07, 6.45) is 0.463. The van der Waals surface area contributed by atoms with Gasteiger partial charge in [0.1, 0.15) is 22.9 Å². The molecule has 0 saturated carbocycles. The van der Waals surface area contributed by atoms with Crippen LogP contribution in [0.1, 0.15) is 30.6 Å². The summed E-state index contributed by atoms with van der Waals surface area (Å²) in [5.41, 5.74) is -0.947. The molecule has 1 amide bonds. The molecular weight excluding hydrogens is 256 g/mol. The number of hydrogen-bond acceptors (Lipinski definition) is 3. The van der Waals surface area contributed by atoms with Crippen molar-refractivity contribution in [1.82, 2.24) is 5.32 Å². The molecular formula is C13H17F2NO3. The van der Waals surface area contributed by atoms with E-state index in [4.69, 9.17) is 5.11 Å². The largest absolute Gasteiger partial charge is 0.507 e. The van der Waals surface area contributed by atoms with E-state index in [0.717, 1.165) is 0 Å². The molecule has 3 N–H and O–H groups in total. The maximum Gasteiger partial charge on any atom is 0.258 e. The summed E-state index contributed by atoms with van der Waals surface area (Å²) in [4.78, 5) is 11.8. The van der Waals surface area contributed by atoms with Gasteiger partial charge in [0.05, 0.1) is 0 Å². The number of aliphatic hydroxyl groups excluding tert-OH is 1. The van der Waals surface area contributed by atoms with Gasteiger partial charge in [0.15, 0.2) is 0 Å². The molecule has 0 spiro atoms. The van der Waals surface area contributed by atoms with Crippen molar-refractivity contribution in [2.75, 3.05) is 13.2 Å². The number of carbonyl (C=O) groups excluding carboxylic acids is 1. The molecule has 1 aromatic rings. The first-order valence-electron chi connectivity index (χ1n) is 5.84. The molecule has 0 aromatic heterocycles. The van der Waals surface area contributed by atoms with E-state index in [2.05, 4.69) is 5.32 Å². The third-order valence-corrected chi connectivity index (χ3v) is 2.78. The molecule has 0 saturated heterocycles. The average Bonchev–Trinajstić information content (AvgIpc) is 2.25. The van der Waals surface area contributed by atoms with Gasteiger partial charge in [-0.05, 0) is 11.8 Å². The first-order chi connectivity index (χ1) is 8.76. The quantitative estimate of drug-likeness (QED) is 0.766. The van der Waals surface area contributed by atoms with E-state index in [-0.39, 0.29) is 18.6 Å². The minimum Gasteiger partial charge on any atom is -0.507 e. The van der Waals surface area contributed by atoms with E-state index in [1.165, 1.54) is 0 Å². The van der Waals surface area contributed by atoms with Crippen molar-refractivity contribution in [3.05, 3.63) is 29.3 Å². The fraction of sp³-hybridized carbons (Fsp3) is 0.462. The number of phenols is 1. The lowest BCUT2D eigenvalue weighted by Crippen LogP contribution is -2.35. The van der Waals surface area contributed by atoms with Crippen LogP contribution in [-0.2, 0) is 0 Å². The zero-order valence-electron chi connectivity index (χ0n) is 10.8. The molecule has 0 radical (unpaired) electrons.